The van der Waals surface area contributed by atoms with Crippen molar-refractivity contribution >= 4 is 11.6 Å². The van der Waals surface area contributed by atoms with E-state index in [4.69, 9.17) is 9.47 Å². The van der Waals surface area contributed by atoms with E-state index in [9.17, 15) is 4.79 Å². The Morgan fingerprint density at radius 3 is 2.84 bits per heavy atom. The van der Waals surface area contributed by atoms with E-state index in [0.717, 1.165) is 43.1 Å². The minimum Gasteiger partial charge on any atom is -0.486 e. The van der Waals surface area contributed by atoms with Crippen LogP contribution >= 0.6 is 0 Å². The van der Waals surface area contributed by atoms with Gasteiger partial charge in [0.25, 0.3) is 5.91 Å². The van der Waals surface area contributed by atoms with Gasteiger partial charge in [0.2, 0.25) is 0 Å². The first-order valence-electron chi connectivity index (χ1n) is 8.90. The zero-order chi connectivity index (χ0) is 17.1. The fourth-order valence-corrected chi connectivity index (χ4v) is 3.45. The highest BCUT2D eigenvalue weighted by atomic mass is 16.6. The summed E-state index contributed by atoms with van der Waals surface area (Å²) in [7, 11) is 0. The van der Waals surface area contributed by atoms with Gasteiger partial charge in [-0.15, -0.1) is 0 Å². The largest absolute Gasteiger partial charge is 0.486 e. The van der Waals surface area contributed by atoms with E-state index < -0.39 is 0 Å². The molecule has 0 unspecified atom stereocenters. The van der Waals surface area contributed by atoms with Gasteiger partial charge in [0, 0.05) is 18.7 Å². The molecule has 0 aliphatic carbocycles. The van der Waals surface area contributed by atoms with E-state index in [1.54, 1.807) is 0 Å². The summed E-state index contributed by atoms with van der Waals surface area (Å²) in [6.07, 6.45) is 1.86. The number of carbonyl (C=O) groups is 1. The number of hydrogen-bond donors (Lipinski definition) is 1. The van der Waals surface area contributed by atoms with Crippen LogP contribution in [-0.2, 0) is 17.6 Å². The molecule has 0 saturated heterocycles. The van der Waals surface area contributed by atoms with Crippen LogP contribution in [0, 0.1) is 0 Å². The van der Waals surface area contributed by atoms with Crippen molar-refractivity contribution in [2.45, 2.75) is 12.8 Å². The second-order valence-corrected chi connectivity index (χ2v) is 6.43. The minimum atomic E-state index is 0.187. The Balaban J connectivity index is 1.27. The SMILES string of the molecule is O=C(C[NH2+]CCc1ccc2c(c1)OCCO2)N1CCc2ccccc21. The van der Waals surface area contributed by atoms with Crippen molar-refractivity contribution in [3.8, 4) is 11.5 Å². The topological polar surface area (TPSA) is 55.4 Å². The Hall–Kier alpha value is -2.53. The molecule has 0 bridgehead atoms. The smallest absolute Gasteiger partial charge is 0.282 e. The van der Waals surface area contributed by atoms with Crippen molar-refractivity contribution < 1.29 is 19.6 Å². The molecule has 2 aromatic carbocycles. The second-order valence-electron chi connectivity index (χ2n) is 6.43. The Morgan fingerprint density at radius 2 is 1.92 bits per heavy atom. The molecular formula is C20H23N2O3+. The van der Waals surface area contributed by atoms with Gasteiger partial charge < -0.3 is 19.7 Å². The van der Waals surface area contributed by atoms with Crippen molar-refractivity contribution in [1.29, 1.82) is 0 Å². The molecular weight excluding hydrogens is 316 g/mol. The van der Waals surface area contributed by atoms with Crippen LogP contribution in [0.15, 0.2) is 42.5 Å². The van der Waals surface area contributed by atoms with Gasteiger partial charge in [0.1, 0.15) is 13.2 Å². The van der Waals surface area contributed by atoms with Crippen LogP contribution in [-0.4, -0.2) is 38.8 Å². The van der Waals surface area contributed by atoms with Crippen LogP contribution < -0.4 is 19.7 Å². The van der Waals surface area contributed by atoms with E-state index in [1.165, 1.54) is 11.1 Å². The third-order valence-corrected chi connectivity index (χ3v) is 4.75. The van der Waals surface area contributed by atoms with Gasteiger partial charge in [-0.05, 0) is 35.7 Å². The Kier molecular flexibility index (Phi) is 4.57. The average molecular weight is 339 g/mol. The number of quaternary nitrogens is 1. The third kappa shape index (κ3) is 3.46. The van der Waals surface area contributed by atoms with E-state index in [1.807, 2.05) is 35.2 Å². The second kappa shape index (κ2) is 7.15. The summed E-state index contributed by atoms with van der Waals surface area (Å²) in [4.78, 5) is 14.4. The number of carbonyl (C=O) groups excluding carboxylic acids is 1. The van der Waals surface area contributed by atoms with Crippen LogP contribution in [0.3, 0.4) is 0 Å². The number of rotatable bonds is 5. The Morgan fingerprint density at radius 1 is 1.08 bits per heavy atom. The van der Waals surface area contributed by atoms with Crippen LogP contribution in [0.5, 0.6) is 11.5 Å². The fraction of sp³-hybridized carbons (Fsp3) is 0.350. The standard InChI is InChI=1S/C20H22N2O3/c23-20(22-10-8-16-3-1-2-4-17(16)22)14-21-9-7-15-5-6-18-19(13-15)25-12-11-24-18/h1-6,13,21H,7-12,14H2/p+1. The summed E-state index contributed by atoms with van der Waals surface area (Å²) < 4.78 is 11.2. The highest BCUT2D eigenvalue weighted by molar-refractivity contribution is 5.96. The lowest BCUT2D eigenvalue weighted by atomic mass is 10.1. The lowest BCUT2D eigenvalue weighted by molar-refractivity contribution is -0.643. The first-order valence-corrected chi connectivity index (χ1v) is 8.90. The predicted molar refractivity (Wildman–Crippen MR) is 95.3 cm³/mol. The first-order chi connectivity index (χ1) is 12.3. The highest BCUT2D eigenvalue weighted by Gasteiger charge is 2.24. The molecule has 4 rings (SSSR count). The number of anilines is 1. The number of amides is 1. The fourth-order valence-electron chi connectivity index (χ4n) is 3.45. The average Bonchev–Trinajstić information content (AvgIpc) is 3.09. The molecule has 130 valence electrons. The van der Waals surface area contributed by atoms with Gasteiger partial charge in [-0.2, -0.15) is 0 Å². The van der Waals surface area contributed by atoms with Crippen molar-refractivity contribution in [3.05, 3.63) is 53.6 Å². The quantitative estimate of drug-likeness (QED) is 0.832. The summed E-state index contributed by atoms with van der Waals surface area (Å²) >= 11 is 0. The van der Waals surface area contributed by atoms with Gasteiger partial charge in [0.05, 0.1) is 6.54 Å². The molecule has 5 heteroatoms. The lowest BCUT2D eigenvalue weighted by Gasteiger charge is -2.19. The van der Waals surface area contributed by atoms with E-state index >= 15 is 0 Å². The normalized spacial score (nSPS) is 15.1. The molecule has 0 spiro atoms. The number of para-hydroxylation sites is 1. The number of ether oxygens (including phenoxy) is 2. The molecule has 0 fully saturated rings. The molecule has 2 aliphatic rings. The van der Waals surface area contributed by atoms with Gasteiger partial charge >= 0.3 is 0 Å². The summed E-state index contributed by atoms with van der Waals surface area (Å²) in [6.45, 7) is 3.38. The number of benzene rings is 2. The Labute approximate surface area is 147 Å². The molecule has 5 nitrogen and oxygen atoms in total. The summed E-state index contributed by atoms with van der Waals surface area (Å²) in [5.41, 5.74) is 3.55. The van der Waals surface area contributed by atoms with E-state index in [-0.39, 0.29) is 5.91 Å². The molecule has 1 amide bonds. The first kappa shape index (κ1) is 16.0. The minimum absolute atomic E-state index is 0.187. The maximum Gasteiger partial charge on any atom is 0.282 e. The molecule has 25 heavy (non-hydrogen) atoms. The number of nitrogens with zero attached hydrogens (tertiary/aromatic N) is 1. The summed E-state index contributed by atoms with van der Waals surface area (Å²) in [5, 5.41) is 2.08. The zero-order valence-electron chi connectivity index (χ0n) is 14.2. The highest BCUT2D eigenvalue weighted by Crippen LogP contribution is 2.30. The molecule has 0 saturated carbocycles. The molecule has 2 aromatic rings. The van der Waals surface area contributed by atoms with Crippen molar-refractivity contribution in [2.24, 2.45) is 0 Å². The third-order valence-electron chi connectivity index (χ3n) is 4.75. The van der Waals surface area contributed by atoms with Crippen LogP contribution in [0.25, 0.3) is 0 Å². The predicted octanol–water partition coefficient (Wildman–Crippen LogP) is 1.15. The van der Waals surface area contributed by atoms with Crippen molar-refractivity contribution in [1.82, 2.24) is 0 Å². The summed E-state index contributed by atoms with van der Waals surface area (Å²) in [6, 6.07) is 14.3. The zero-order valence-corrected chi connectivity index (χ0v) is 14.2. The van der Waals surface area contributed by atoms with Crippen LogP contribution in [0.2, 0.25) is 0 Å². The van der Waals surface area contributed by atoms with Gasteiger partial charge in [-0.1, -0.05) is 24.3 Å². The van der Waals surface area contributed by atoms with E-state index in [0.29, 0.717) is 19.8 Å². The molecule has 0 radical (unpaired) electrons. The lowest BCUT2D eigenvalue weighted by Crippen LogP contribution is -2.87. The number of fused-ring (bicyclic) bond motifs is 2. The maximum atomic E-state index is 12.5. The van der Waals surface area contributed by atoms with Crippen LogP contribution in [0.1, 0.15) is 11.1 Å². The molecule has 0 atom stereocenters. The van der Waals surface area contributed by atoms with Crippen LogP contribution in [0.4, 0.5) is 5.69 Å². The van der Waals surface area contributed by atoms with E-state index in [2.05, 4.69) is 17.4 Å². The van der Waals surface area contributed by atoms with Crippen molar-refractivity contribution in [2.75, 3.05) is 37.7 Å². The molecule has 2 heterocycles. The number of hydrogen-bond acceptors (Lipinski definition) is 3. The molecule has 2 N–H and O–H groups in total. The summed E-state index contributed by atoms with van der Waals surface area (Å²) in [5.74, 6) is 1.84. The number of nitrogens with two attached hydrogens (primary N) is 1. The van der Waals surface area contributed by atoms with Gasteiger partial charge in [-0.3, -0.25) is 4.79 Å². The Bertz CT molecular complexity index is 775. The monoisotopic (exact) mass is 339 g/mol. The molecule has 2 aliphatic heterocycles. The molecule has 0 aromatic heterocycles. The maximum absolute atomic E-state index is 12.5. The van der Waals surface area contributed by atoms with Gasteiger partial charge in [-0.25, -0.2) is 0 Å². The van der Waals surface area contributed by atoms with Gasteiger partial charge in [0.15, 0.2) is 18.0 Å². The van der Waals surface area contributed by atoms with Crippen molar-refractivity contribution in [3.63, 3.8) is 0 Å².